The van der Waals surface area contributed by atoms with Gasteiger partial charge in [-0.1, -0.05) is 41.0 Å². The van der Waals surface area contributed by atoms with Crippen LogP contribution < -0.4 is 5.32 Å². The van der Waals surface area contributed by atoms with Crippen LogP contribution in [0.1, 0.15) is 11.4 Å². The van der Waals surface area contributed by atoms with Gasteiger partial charge < -0.3 is 5.32 Å². The first-order chi connectivity index (χ1) is 13.9. The molecule has 0 atom stereocenters. The van der Waals surface area contributed by atoms with Crippen molar-refractivity contribution in [2.45, 2.75) is 19.0 Å². The van der Waals surface area contributed by atoms with E-state index in [0.29, 0.717) is 26.1 Å². The number of rotatable bonds is 5. The van der Waals surface area contributed by atoms with E-state index in [-0.39, 0.29) is 11.7 Å². The molecule has 0 aliphatic rings. The molecule has 1 aromatic carbocycles. The van der Waals surface area contributed by atoms with Crippen molar-refractivity contribution in [1.82, 2.24) is 24.6 Å². The number of nitrogens with one attached hydrogen (secondary N) is 1. The monoisotopic (exact) mass is 464 g/mol. The van der Waals surface area contributed by atoms with Crippen LogP contribution in [-0.4, -0.2) is 36.2 Å². The van der Waals surface area contributed by atoms with Gasteiger partial charge in [-0.3, -0.25) is 9.20 Å². The molecule has 3 heterocycles. The SMILES string of the molecule is Cc1cc(C)n2c(SCC(=O)Nc3nc(-c4ccc(Cl)c(Cl)c4)cs3)nnc2n1. The third-order valence-electron chi connectivity index (χ3n) is 3.96. The predicted molar refractivity (Wildman–Crippen MR) is 117 cm³/mol. The van der Waals surface area contributed by atoms with Gasteiger partial charge in [-0.15, -0.1) is 21.5 Å². The fraction of sp³-hybridized carbons (Fsp3) is 0.167. The largest absolute Gasteiger partial charge is 0.301 e. The summed E-state index contributed by atoms with van der Waals surface area (Å²) in [6, 6.07) is 7.24. The van der Waals surface area contributed by atoms with Crippen LogP contribution in [0, 0.1) is 13.8 Å². The van der Waals surface area contributed by atoms with Gasteiger partial charge in [-0.2, -0.15) is 0 Å². The number of amides is 1. The van der Waals surface area contributed by atoms with Gasteiger partial charge >= 0.3 is 0 Å². The molecule has 0 saturated heterocycles. The van der Waals surface area contributed by atoms with Crippen molar-refractivity contribution in [3.63, 3.8) is 0 Å². The summed E-state index contributed by atoms with van der Waals surface area (Å²) in [6.45, 7) is 3.86. The summed E-state index contributed by atoms with van der Waals surface area (Å²) < 4.78 is 1.83. The highest BCUT2D eigenvalue weighted by Gasteiger charge is 2.14. The second kappa shape index (κ2) is 8.27. The number of aromatic nitrogens is 5. The zero-order valence-corrected chi connectivity index (χ0v) is 18.5. The normalized spacial score (nSPS) is 11.2. The minimum absolute atomic E-state index is 0.176. The third kappa shape index (κ3) is 4.37. The predicted octanol–water partition coefficient (Wildman–Crippen LogP) is 4.90. The van der Waals surface area contributed by atoms with Crippen LogP contribution in [0.25, 0.3) is 17.0 Å². The minimum Gasteiger partial charge on any atom is -0.301 e. The van der Waals surface area contributed by atoms with Crippen molar-refractivity contribution >= 4 is 63.1 Å². The van der Waals surface area contributed by atoms with Crippen molar-refractivity contribution < 1.29 is 4.79 Å². The first-order valence-electron chi connectivity index (χ1n) is 8.43. The number of aryl methyl sites for hydroxylation is 2. The van der Waals surface area contributed by atoms with Crippen molar-refractivity contribution in [3.8, 4) is 11.3 Å². The van der Waals surface area contributed by atoms with Gasteiger partial charge in [0.2, 0.25) is 5.91 Å². The lowest BCUT2D eigenvalue weighted by atomic mass is 10.2. The van der Waals surface area contributed by atoms with Crippen molar-refractivity contribution in [3.05, 3.63) is 51.1 Å². The lowest BCUT2D eigenvalue weighted by Crippen LogP contribution is -2.14. The van der Waals surface area contributed by atoms with Crippen LogP contribution in [0.2, 0.25) is 10.0 Å². The second-order valence-corrected chi connectivity index (χ2v) is 8.78. The van der Waals surface area contributed by atoms with Crippen LogP contribution in [-0.2, 0) is 4.79 Å². The number of fused-ring (bicyclic) bond motifs is 1. The van der Waals surface area contributed by atoms with Gasteiger partial charge in [0.25, 0.3) is 5.78 Å². The van der Waals surface area contributed by atoms with Crippen molar-refractivity contribution in [1.29, 1.82) is 0 Å². The molecule has 3 aromatic heterocycles. The number of anilines is 1. The summed E-state index contributed by atoms with van der Waals surface area (Å²) in [4.78, 5) is 21.1. The quantitative estimate of drug-likeness (QED) is 0.422. The Balaban J connectivity index is 1.42. The van der Waals surface area contributed by atoms with E-state index in [1.165, 1.54) is 23.1 Å². The molecule has 0 fully saturated rings. The summed E-state index contributed by atoms with van der Waals surface area (Å²) in [5.74, 6) is 0.520. The highest BCUT2D eigenvalue weighted by atomic mass is 35.5. The van der Waals surface area contributed by atoms with Crippen LogP contribution in [0.15, 0.2) is 34.8 Å². The Morgan fingerprint density at radius 1 is 1.17 bits per heavy atom. The van der Waals surface area contributed by atoms with Gasteiger partial charge in [-0.25, -0.2) is 9.97 Å². The molecule has 0 bridgehead atoms. The lowest BCUT2D eigenvalue weighted by molar-refractivity contribution is -0.113. The van der Waals surface area contributed by atoms with Crippen LogP contribution in [0.5, 0.6) is 0 Å². The summed E-state index contributed by atoms with van der Waals surface area (Å²) in [7, 11) is 0. The summed E-state index contributed by atoms with van der Waals surface area (Å²) in [5, 5.41) is 14.9. The number of carbonyl (C=O) groups excluding carboxylic acids is 1. The molecule has 4 aromatic rings. The number of hydrogen-bond donors (Lipinski definition) is 1. The van der Waals surface area contributed by atoms with E-state index in [9.17, 15) is 4.79 Å². The van der Waals surface area contributed by atoms with Crippen LogP contribution in [0.3, 0.4) is 0 Å². The summed E-state index contributed by atoms with van der Waals surface area (Å²) in [5.41, 5.74) is 3.39. The smallest absolute Gasteiger partial charge is 0.256 e. The van der Waals surface area contributed by atoms with Gasteiger partial charge in [0.1, 0.15) is 0 Å². The molecular formula is C18H14Cl2N6OS2. The number of benzene rings is 1. The maximum atomic E-state index is 12.4. The van der Waals surface area contributed by atoms with Gasteiger partial charge in [-0.05, 0) is 32.0 Å². The fourth-order valence-electron chi connectivity index (χ4n) is 2.70. The topological polar surface area (TPSA) is 85.1 Å². The number of halogens is 2. The molecule has 11 heteroatoms. The van der Waals surface area contributed by atoms with E-state index >= 15 is 0 Å². The number of carbonyl (C=O) groups is 1. The van der Waals surface area contributed by atoms with E-state index in [4.69, 9.17) is 23.2 Å². The highest BCUT2D eigenvalue weighted by Crippen LogP contribution is 2.30. The van der Waals surface area contributed by atoms with E-state index in [0.717, 1.165) is 22.6 Å². The van der Waals surface area contributed by atoms with Crippen molar-refractivity contribution in [2.75, 3.05) is 11.1 Å². The molecule has 0 aliphatic heterocycles. The van der Waals surface area contributed by atoms with Gasteiger partial charge in [0.05, 0.1) is 21.5 Å². The number of thiazole rings is 1. The van der Waals surface area contributed by atoms with Crippen LogP contribution in [0.4, 0.5) is 5.13 Å². The molecule has 0 unspecified atom stereocenters. The zero-order valence-electron chi connectivity index (χ0n) is 15.3. The second-order valence-electron chi connectivity index (χ2n) is 6.16. The Morgan fingerprint density at radius 3 is 2.79 bits per heavy atom. The molecular weight excluding hydrogens is 451 g/mol. The van der Waals surface area contributed by atoms with E-state index in [1.54, 1.807) is 12.1 Å². The van der Waals surface area contributed by atoms with Gasteiger partial charge in [0.15, 0.2) is 10.3 Å². The average molecular weight is 465 g/mol. The van der Waals surface area contributed by atoms with Gasteiger partial charge in [0, 0.05) is 22.3 Å². The molecule has 0 aliphatic carbocycles. The van der Waals surface area contributed by atoms with Crippen molar-refractivity contribution in [2.24, 2.45) is 0 Å². The summed E-state index contributed by atoms with van der Waals surface area (Å²) >= 11 is 14.6. The van der Waals surface area contributed by atoms with E-state index < -0.39 is 0 Å². The molecule has 1 N–H and O–H groups in total. The lowest BCUT2D eigenvalue weighted by Gasteiger charge is -2.04. The molecule has 29 heavy (non-hydrogen) atoms. The molecule has 0 radical (unpaired) electrons. The molecule has 4 rings (SSSR count). The first kappa shape index (κ1) is 20.1. The maximum Gasteiger partial charge on any atom is 0.256 e. The standard InChI is InChI=1S/C18H14Cl2N6OS2/c1-9-5-10(2)26-16(21-9)24-25-18(26)29-8-15(27)23-17-22-14(7-28-17)11-3-4-12(19)13(20)6-11/h3-7H,8H2,1-2H3,(H,22,23,27). The Bertz CT molecular complexity index is 1220. The minimum atomic E-state index is -0.181. The van der Waals surface area contributed by atoms with E-state index in [1.807, 2.05) is 35.8 Å². The Labute approximate surface area is 184 Å². The maximum absolute atomic E-state index is 12.4. The zero-order chi connectivity index (χ0) is 20.5. The number of thioether (sulfide) groups is 1. The third-order valence-corrected chi connectivity index (χ3v) is 6.39. The molecule has 148 valence electrons. The Morgan fingerprint density at radius 2 is 2.00 bits per heavy atom. The molecule has 7 nitrogen and oxygen atoms in total. The number of nitrogens with zero attached hydrogens (tertiary/aromatic N) is 5. The summed E-state index contributed by atoms with van der Waals surface area (Å²) in [6.07, 6.45) is 0. The Kier molecular flexibility index (Phi) is 5.73. The Hall–Kier alpha value is -2.20. The molecule has 0 saturated carbocycles. The van der Waals surface area contributed by atoms with Crippen LogP contribution >= 0.6 is 46.3 Å². The fourth-order valence-corrected chi connectivity index (χ4v) is 4.52. The molecule has 1 amide bonds. The molecule has 0 spiro atoms. The highest BCUT2D eigenvalue weighted by molar-refractivity contribution is 7.99. The van der Waals surface area contributed by atoms with E-state index in [2.05, 4.69) is 25.5 Å². The first-order valence-corrected chi connectivity index (χ1v) is 11.1. The number of hydrogen-bond acceptors (Lipinski definition) is 7. The average Bonchev–Trinajstić information content (AvgIpc) is 3.29.